The molecule has 0 aliphatic heterocycles. The molecule has 0 aromatic rings. The molecule has 1 saturated carbocycles. The number of rotatable bonds is 6. The van der Waals surface area contributed by atoms with Gasteiger partial charge in [0.05, 0.1) is 6.42 Å². The van der Waals surface area contributed by atoms with Gasteiger partial charge in [-0.2, -0.15) is 0 Å². The Balaban J connectivity index is 2.49. The molecule has 4 heteroatoms. The normalized spacial score (nSPS) is 23.3. The van der Waals surface area contributed by atoms with Gasteiger partial charge in [0.2, 0.25) is 0 Å². The zero-order chi connectivity index (χ0) is 16.5. The van der Waals surface area contributed by atoms with Crippen molar-refractivity contribution in [1.29, 1.82) is 0 Å². The molecule has 120 valence electrons. The smallest absolute Gasteiger partial charge is 0.333 e. The van der Waals surface area contributed by atoms with Gasteiger partial charge in [-0.15, -0.1) is 0 Å². The molecule has 1 unspecified atom stereocenters. The maximum atomic E-state index is 12.0. The van der Waals surface area contributed by atoms with E-state index in [-0.39, 0.29) is 35.4 Å². The monoisotopic (exact) mass is 296 g/mol. The molecule has 0 bridgehead atoms. The maximum Gasteiger partial charge on any atom is 0.333 e. The van der Waals surface area contributed by atoms with Crippen LogP contribution < -0.4 is 0 Å². The van der Waals surface area contributed by atoms with Gasteiger partial charge in [-0.25, -0.2) is 4.79 Å². The van der Waals surface area contributed by atoms with E-state index in [4.69, 9.17) is 9.47 Å². The van der Waals surface area contributed by atoms with Gasteiger partial charge >= 0.3 is 11.9 Å². The topological polar surface area (TPSA) is 52.6 Å². The van der Waals surface area contributed by atoms with Gasteiger partial charge in [0, 0.05) is 11.0 Å². The minimum absolute atomic E-state index is 0.0182. The van der Waals surface area contributed by atoms with Crippen LogP contribution in [0.3, 0.4) is 0 Å². The van der Waals surface area contributed by atoms with E-state index in [1.165, 1.54) is 0 Å². The fraction of sp³-hybridized carbons (Fsp3) is 0.765. The lowest BCUT2D eigenvalue weighted by molar-refractivity contribution is -0.157. The standard InChI is InChI=1S/C17H28O4/c1-12(2)14(19)20-9-8-13(18)21-17(10-15(3,4)5)11-16(17,6)7/h1,8-11H2,2-7H3. The Bertz CT molecular complexity index is 442. The van der Waals surface area contributed by atoms with Crippen molar-refractivity contribution < 1.29 is 19.1 Å². The number of hydrogen-bond donors (Lipinski definition) is 0. The van der Waals surface area contributed by atoms with E-state index < -0.39 is 5.97 Å². The van der Waals surface area contributed by atoms with E-state index in [1.54, 1.807) is 6.92 Å². The molecule has 1 atom stereocenters. The molecule has 1 fully saturated rings. The largest absolute Gasteiger partial charge is 0.462 e. The summed E-state index contributed by atoms with van der Waals surface area (Å²) < 4.78 is 10.7. The van der Waals surface area contributed by atoms with Gasteiger partial charge in [-0.3, -0.25) is 4.79 Å². The molecule has 0 radical (unpaired) electrons. The third-order valence-electron chi connectivity index (χ3n) is 3.85. The summed E-state index contributed by atoms with van der Waals surface area (Å²) in [5.41, 5.74) is 0.0711. The van der Waals surface area contributed by atoms with Crippen LogP contribution in [0, 0.1) is 10.8 Å². The van der Waals surface area contributed by atoms with Crippen LogP contribution >= 0.6 is 0 Å². The van der Waals surface area contributed by atoms with E-state index in [2.05, 4.69) is 41.2 Å². The second kappa shape index (κ2) is 5.82. The first-order chi connectivity index (χ1) is 9.39. The molecule has 0 heterocycles. The molecule has 1 aliphatic carbocycles. The van der Waals surface area contributed by atoms with E-state index >= 15 is 0 Å². The van der Waals surface area contributed by atoms with Crippen LogP contribution in [0.4, 0.5) is 0 Å². The average Bonchev–Trinajstić information content (AvgIpc) is 2.75. The lowest BCUT2D eigenvalue weighted by Crippen LogP contribution is -2.30. The van der Waals surface area contributed by atoms with Crippen molar-refractivity contribution >= 4 is 11.9 Å². The summed E-state index contributed by atoms with van der Waals surface area (Å²) in [6.07, 6.45) is 1.81. The number of carbonyl (C=O) groups excluding carboxylic acids is 2. The van der Waals surface area contributed by atoms with Crippen molar-refractivity contribution in [2.24, 2.45) is 10.8 Å². The first-order valence-corrected chi connectivity index (χ1v) is 7.43. The summed E-state index contributed by atoms with van der Waals surface area (Å²) in [7, 11) is 0. The summed E-state index contributed by atoms with van der Waals surface area (Å²) in [6.45, 7) is 15.8. The fourth-order valence-corrected chi connectivity index (χ4v) is 2.66. The van der Waals surface area contributed by atoms with Crippen molar-refractivity contribution in [2.45, 2.75) is 66.4 Å². The van der Waals surface area contributed by atoms with Crippen LogP contribution in [0.5, 0.6) is 0 Å². The van der Waals surface area contributed by atoms with Gasteiger partial charge in [0.25, 0.3) is 0 Å². The Labute approximate surface area is 127 Å². The van der Waals surface area contributed by atoms with Gasteiger partial charge < -0.3 is 9.47 Å². The molecule has 1 rings (SSSR count). The molecule has 0 aromatic carbocycles. The van der Waals surface area contributed by atoms with Crippen LogP contribution in [0.2, 0.25) is 0 Å². The summed E-state index contributed by atoms with van der Waals surface area (Å²) in [5.74, 6) is -0.779. The summed E-state index contributed by atoms with van der Waals surface area (Å²) >= 11 is 0. The van der Waals surface area contributed by atoms with Crippen LogP contribution in [-0.4, -0.2) is 24.1 Å². The quantitative estimate of drug-likeness (QED) is 0.554. The second-order valence-corrected chi connectivity index (χ2v) is 7.93. The third kappa shape index (κ3) is 4.87. The SMILES string of the molecule is C=C(C)C(=O)OCCC(=O)OC1(CC(C)(C)C)CC1(C)C. The molecule has 0 spiro atoms. The lowest BCUT2D eigenvalue weighted by Gasteiger charge is -2.29. The van der Waals surface area contributed by atoms with Crippen molar-refractivity contribution in [3.05, 3.63) is 12.2 Å². The van der Waals surface area contributed by atoms with Gasteiger partial charge in [0.1, 0.15) is 12.2 Å². The second-order valence-electron chi connectivity index (χ2n) is 7.93. The molecular weight excluding hydrogens is 268 g/mol. The van der Waals surface area contributed by atoms with Crippen molar-refractivity contribution in [1.82, 2.24) is 0 Å². The maximum absolute atomic E-state index is 12.0. The summed E-state index contributed by atoms with van der Waals surface area (Å²) in [5, 5.41) is 0. The molecule has 1 aliphatic rings. The number of carbonyl (C=O) groups is 2. The molecule has 4 nitrogen and oxygen atoms in total. The Kier molecular flexibility index (Phi) is 4.91. The Hall–Kier alpha value is -1.32. The van der Waals surface area contributed by atoms with Gasteiger partial charge in [-0.1, -0.05) is 41.2 Å². The van der Waals surface area contributed by atoms with Crippen LogP contribution in [0.25, 0.3) is 0 Å². The fourth-order valence-electron chi connectivity index (χ4n) is 2.66. The Morgan fingerprint density at radius 2 is 1.76 bits per heavy atom. The third-order valence-corrected chi connectivity index (χ3v) is 3.85. The summed E-state index contributed by atoms with van der Waals surface area (Å²) in [6, 6.07) is 0. The minimum Gasteiger partial charge on any atom is -0.462 e. The lowest BCUT2D eigenvalue weighted by atomic mass is 9.85. The van der Waals surface area contributed by atoms with Crippen LogP contribution in [0.15, 0.2) is 12.2 Å². The van der Waals surface area contributed by atoms with Crippen molar-refractivity contribution in [3.63, 3.8) is 0 Å². The van der Waals surface area contributed by atoms with Crippen LogP contribution in [-0.2, 0) is 19.1 Å². The Morgan fingerprint density at radius 1 is 1.24 bits per heavy atom. The highest BCUT2D eigenvalue weighted by Gasteiger charge is 2.65. The zero-order valence-electron chi connectivity index (χ0n) is 14.2. The average molecular weight is 296 g/mol. The van der Waals surface area contributed by atoms with E-state index in [9.17, 15) is 9.59 Å². The zero-order valence-corrected chi connectivity index (χ0v) is 14.2. The van der Waals surface area contributed by atoms with Gasteiger partial charge in [-0.05, 0) is 25.2 Å². The van der Waals surface area contributed by atoms with E-state index in [0.717, 1.165) is 12.8 Å². The molecule has 0 N–H and O–H groups in total. The van der Waals surface area contributed by atoms with E-state index in [1.807, 2.05) is 0 Å². The first-order valence-electron chi connectivity index (χ1n) is 7.43. The number of ether oxygens (including phenoxy) is 2. The highest BCUT2D eigenvalue weighted by Crippen LogP contribution is 2.62. The molecule has 21 heavy (non-hydrogen) atoms. The number of esters is 2. The predicted octanol–water partition coefficient (Wildman–Crippen LogP) is 3.64. The highest BCUT2D eigenvalue weighted by atomic mass is 16.6. The molecule has 0 saturated heterocycles. The Morgan fingerprint density at radius 3 is 2.14 bits per heavy atom. The van der Waals surface area contributed by atoms with Crippen LogP contribution in [0.1, 0.15) is 60.8 Å². The molecule has 0 amide bonds. The number of hydrogen-bond acceptors (Lipinski definition) is 4. The van der Waals surface area contributed by atoms with Crippen molar-refractivity contribution in [3.8, 4) is 0 Å². The predicted molar refractivity (Wildman–Crippen MR) is 81.7 cm³/mol. The summed E-state index contributed by atoms with van der Waals surface area (Å²) in [4.78, 5) is 23.2. The van der Waals surface area contributed by atoms with Gasteiger partial charge in [0.15, 0.2) is 0 Å². The molecular formula is C17H28O4. The highest BCUT2D eigenvalue weighted by molar-refractivity contribution is 5.87. The first kappa shape index (κ1) is 17.7. The van der Waals surface area contributed by atoms with E-state index in [0.29, 0.717) is 5.57 Å². The van der Waals surface area contributed by atoms with Crippen molar-refractivity contribution in [2.75, 3.05) is 6.61 Å². The molecule has 0 aromatic heterocycles. The minimum atomic E-state index is -0.473.